The molecule has 1 aromatic carbocycles. The first-order valence-corrected chi connectivity index (χ1v) is 6.22. The molecule has 0 radical (unpaired) electrons. The van der Waals surface area contributed by atoms with Crippen LogP contribution >= 0.6 is 30.4 Å². The maximum Gasteiger partial charge on any atom is 0.0130 e. The Balaban J connectivity index is 0.000000241. The fourth-order valence-corrected chi connectivity index (χ4v) is 0.830. The number of hydrogen-bond acceptors (Lipinski definition) is 0. The zero-order valence-electron chi connectivity index (χ0n) is 6.48. The molecule has 0 aliphatic rings. The Labute approximate surface area is 89.7 Å². The molecule has 14 heavy (non-hydrogen) atoms. The second-order valence-electron chi connectivity index (χ2n) is 2.25. The van der Waals surface area contributed by atoms with E-state index in [-0.39, 0.29) is 0 Å². The van der Waals surface area contributed by atoms with Gasteiger partial charge in [0.05, 0.1) is 0 Å². The van der Waals surface area contributed by atoms with Gasteiger partial charge in [0.15, 0.2) is 0 Å². The van der Waals surface area contributed by atoms with Crippen LogP contribution < -0.4 is 0 Å². The Hall–Kier alpha value is -0.0400. The molecule has 8 heteroatoms. The Morgan fingerprint density at radius 3 is 1.21 bits per heavy atom. The minimum absolute atomic E-state index is 1.29. The molecule has 0 nitrogen and oxygen atoms in total. The summed E-state index contributed by atoms with van der Waals surface area (Å²) in [5.41, 5.74) is 0. The Morgan fingerprint density at radius 1 is 0.786 bits per heavy atom. The summed E-state index contributed by atoms with van der Waals surface area (Å²) in [6.45, 7) is 0. The van der Waals surface area contributed by atoms with E-state index in [2.05, 4.69) is 34.7 Å². The standard InChI is InChI=1S/C6H5I.F6P/c7-6-4-2-1-3-5-6;1-7(2,3,4,5)6/h1-5H;/q;-1. The van der Waals surface area contributed by atoms with E-state index in [0.717, 1.165) is 0 Å². The second-order valence-corrected chi connectivity index (χ2v) is 5.42. The average molecular weight is 349 g/mol. The molecule has 0 spiro atoms. The van der Waals surface area contributed by atoms with Gasteiger partial charge in [-0.15, -0.1) is 0 Å². The summed E-state index contributed by atoms with van der Waals surface area (Å²) in [5.74, 6) is 0. The predicted molar refractivity (Wildman–Crippen MR) is 52.7 cm³/mol. The van der Waals surface area contributed by atoms with Gasteiger partial charge in [0.1, 0.15) is 0 Å². The van der Waals surface area contributed by atoms with Gasteiger partial charge in [-0.1, -0.05) is 18.2 Å². The van der Waals surface area contributed by atoms with Crippen LogP contribution in [0.1, 0.15) is 0 Å². The minimum Gasteiger partial charge on any atom is -0.0622 e. The molecule has 84 valence electrons. The van der Waals surface area contributed by atoms with Gasteiger partial charge in [-0.25, -0.2) is 0 Å². The molecule has 0 bridgehead atoms. The van der Waals surface area contributed by atoms with Crippen molar-refractivity contribution in [3.05, 3.63) is 33.9 Å². The minimum atomic E-state index is -10.7. The molecule has 0 saturated heterocycles. The van der Waals surface area contributed by atoms with Crippen molar-refractivity contribution in [2.45, 2.75) is 0 Å². The monoisotopic (exact) mass is 349 g/mol. The zero-order valence-corrected chi connectivity index (χ0v) is 9.53. The predicted octanol–water partition coefficient (Wildman–Crippen LogP) is 5.67. The number of rotatable bonds is 0. The van der Waals surface area contributed by atoms with Gasteiger partial charge < -0.3 is 0 Å². The number of hydrogen-bond donors (Lipinski definition) is 0. The molecule has 0 atom stereocenters. The van der Waals surface area contributed by atoms with Gasteiger partial charge in [0, 0.05) is 3.57 Å². The maximum absolute atomic E-state index is 10.7. The van der Waals surface area contributed by atoms with E-state index in [0.29, 0.717) is 0 Å². The smallest absolute Gasteiger partial charge is 0.0130 e. The molecule has 1 rings (SSSR count). The molecule has 0 fully saturated rings. The number of benzene rings is 1. The van der Waals surface area contributed by atoms with Crippen molar-refractivity contribution < 1.29 is 25.2 Å². The molecule has 1 aromatic rings. The second kappa shape index (κ2) is 3.52. The van der Waals surface area contributed by atoms with Crippen molar-refractivity contribution in [2.75, 3.05) is 0 Å². The van der Waals surface area contributed by atoms with Crippen LogP contribution in [-0.2, 0) is 0 Å². The van der Waals surface area contributed by atoms with Crippen molar-refractivity contribution in [3.8, 4) is 0 Å². The van der Waals surface area contributed by atoms with Crippen molar-refractivity contribution in [2.24, 2.45) is 0 Å². The van der Waals surface area contributed by atoms with E-state index in [4.69, 9.17) is 0 Å². The summed E-state index contributed by atoms with van der Waals surface area (Å²) >= 11 is 2.28. The van der Waals surface area contributed by atoms with E-state index in [1.165, 1.54) is 3.57 Å². The molecule has 0 saturated carbocycles. The molecule has 0 aromatic heterocycles. The van der Waals surface area contributed by atoms with E-state index >= 15 is 0 Å². The fourth-order valence-electron chi connectivity index (χ4n) is 0.415. The van der Waals surface area contributed by atoms with Crippen LogP contribution in [0.15, 0.2) is 30.3 Å². The van der Waals surface area contributed by atoms with Crippen LogP contribution in [0.4, 0.5) is 25.2 Å². The average Bonchev–Trinajstić information content (AvgIpc) is 1.81. The van der Waals surface area contributed by atoms with Gasteiger partial charge in [0.25, 0.3) is 0 Å². The molecule has 0 heterocycles. The Morgan fingerprint density at radius 2 is 1.07 bits per heavy atom. The molecule has 0 aliphatic carbocycles. The third-order valence-corrected chi connectivity index (χ3v) is 1.45. The van der Waals surface area contributed by atoms with Crippen LogP contribution in [-0.4, -0.2) is 0 Å². The zero-order chi connectivity index (χ0) is 11.5. The van der Waals surface area contributed by atoms with Crippen molar-refractivity contribution in [1.29, 1.82) is 0 Å². The molecule has 0 N–H and O–H groups in total. The van der Waals surface area contributed by atoms with Crippen molar-refractivity contribution >= 4 is 30.4 Å². The van der Waals surface area contributed by atoms with Crippen molar-refractivity contribution in [1.82, 2.24) is 0 Å². The third kappa shape index (κ3) is 22.7. The van der Waals surface area contributed by atoms with Crippen LogP contribution in [0, 0.1) is 3.57 Å². The van der Waals surface area contributed by atoms with Gasteiger partial charge in [-0.3, -0.25) is 0 Å². The Kier molecular flexibility index (Phi) is 3.51. The van der Waals surface area contributed by atoms with Crippen molar-refractivity contribution in [3.63, 3.8) is 0 Å². The van der Waals surface area contributed by atoms with Gasteiger partial charge in [-0.05, 0) is 34.7 Å². The first-order chi connectivity index (χ1) is 5.84. The Bertz CT molecular complexity index is 278. The summed E-state index contributed by atoms with van der Waals surface area (Å²) in [5, 5.41) is 0. The normalized spacial score (nSPS) is 15.9. The van der Waals surface area contributed by atoms with E-state index in [1.54, 1.807) is 0 Å². The summed E-state index contributed by atoms with van der Waals surface area (Å²) in [6, 6.07) is 10.2. The SMILES string of the molecule is F[P-](F)(F)(F)(F)F.Ic1ccccc1. The molecular formula is C6H5F6IP-. The fraction of sp³-hybridized carbons (Fsp3) is 0. The van der Waals surface area contributed by atoms with E-state index in [1.807, 2.05) is 18.2 Å². The molecule has 0 amide bonds. The molecular weight excluding hydrogens is 344 g/mol. The summed E-state index contributed by atoms with van der Waals surface area (Å²) in [7, 11) is -10.7. The third-order valence-electron chi connectivity index (χ3n) is 0.733. The topological polar surface area (TPSA) is 0 Å². The molecule has 0 unspecified atom stereocenters. The number of halogens is 7. The summed E-state index contributed by atoms with van der Waals surface area (Å²) in [6.07, 6.45) is 0. The largest absolute Gasteiger partial charge is 0.0622 e. The van der Waals surface area contributed by atoms with Crippen LogP contribution in [0.5, 0.6) is 0 Å². The van der Waals surface area contributed by atoms with Crippen LogP contribution in [0.2, 0.25) is 0 Å². The van der Waals surface area contributed by atoms with Gasteiger partial charge in [-0.2, -0.15) is 0 Å². The van der Waals surface area contributed by atoms with E-state index in [9.17, 15) is 25.2 Å². The first-order valence-electron chi connectivity index (χ1n) is 3.11. The van der Waals surface area contributed by atoms with E-state index < -0.39 is 7.81 Å². The van der Waals surface area contributed by atoms with Gasteiger partial charge >= 0.3 is 33.0 Å². The summed E-state index contributed by atoms with van der Waals surface area (Å²) < 4.78 is 60.5. The molecule has 0 aliphatic heterocycles. The van der Waals surface area contributed by atoms with Gasteiger partial charge in [0.2, 0.25) is 0 Å². The summed E-state index contributed by atoms with van der Waals surface area (Å²) in [4.78, 5) is 0. The van der Waals surface area contributed by atoms with Crippen LogP contribution in [0.25, 0.3) is 0 Å². The van der Waals surface area contributed by atoms with Crippen LogP contribution in [0.3, 0.4) is 0 Å². The maximum atomic E-state index is 9.87. The first kappa shape index (κ1) is 14.0. The quantitative estimate of drug-likeness (QED) is 0.322.